The van der Waals surface area contributed by atoms with Crippen LogP contribution in [-0.2, 0) is 0 Å². The van der Waals surface area contributed by atoms with Crippen LogP contribution in [-0.4, -0.2) is 21.8 Å². The van der Waals surface area contributed by atoms with Gasteiger partial charge in [0.1, 0.15) is 5.82 Å². The third-order valence-electron chi connectivity index (χ3n) is 3.81. The zero-order valence-electron chi connectivity index (χ0n) is 14.0. The highest BCUT2D eigenvalue weighted by Crippen LogP contribution is 2.32. The Hall–Kier alpha value is -2.99. The zero-order valence-corrected chi connectivity index (χ0v) is 15.5. The van der Waals surface area contributed by atoms with E-state index in [1.54, 1.807) is 6.92 Å². The number of aromatic carboxylic acids is 1. The monoisotopic (exact) mass is 409 g/mol. The van der Waals surface area contributed by atoms with Crippen molar-refractivity contribution in [1.82, 2.24) is 4.98 Å². The van der Waals surface area contributed by atoms with Gasteiger partial charge in [-0.1, -0.05) is 46.3 Å². The number of carboxylic acid groups (broad SMARTS) is 1. The second kappa shape index (κ2) is 7.49. The maximum atomic E-state index is 11.6. The van der Waals surface area contributed by atoms with Gasteiger partial charge in [0.25, 0.3) is 0 Å². The summed E-state index contributed by atoms with van der Waals surface area (Å²) in [4.78, 5) is 15.8. The first-order valence-electron chi connectivity index (χ1n) is 7.87. The van der Waals surface area contributed by atoms with Gasteiger partial charge < -0.3 is 15.8 Å². The van der Waals surface area contributed by atoms with E-state index >= 15 is 0 Å². The van der Waals surface area contributed by atoms with Crippen molar-refractivity contribution in [2.75, 3.05) is 5.32 Å². The first kappa shape index (κ1) is 17.8. The van der Waals surface area contributed by atoms with E-state index in [0.717, 1.165) is 15.7 Å². The number of benzene rings is 2. The quantitative estimate of drug-likeness (QED) is 0.496. The van der Waals surface area contributed by atoms with Crippen molar-refractivity contribution >= 4 is 39.1 Å². The van der Waals surface area contributed by atoms with Crippen molar-refractivity contribution in [2.24, 2.45) is 0 Å². The van der Waals surface area contributed by atoms with Crippen LogP contribution in [0.25, 0.3) is 11.1 Å². The van der Waals surface area contributed by atoms with E-state index in [2.05, 4.69) is 26.2 Å². The van der Waals surface area contributed by atoms with Crippen molar-refractivity contribution in [2.45, 2.75) is 6.92 Å². The Kier molecular flexibility index (Phi) is 5.14. The normalized spacial score (nSPS) is 10.4. The van der Waals surface area contributed by atoms with Crippen molar-refractivity contribution < 1.29 is 9.90 Å². The number of hydrogen-bond acceptors (Lipinski definition) is 4. The third-order valence-corrected chi connectivity index (χ3v) is 4.33. The Balaban J connectivity index is 2.23. The minimum atomic E-state index is -1.12. The topological polar surface area (TPSA) is 86.1 Å². The molecule has 26 heavy (non-hydrogen) atoms. The number of nitrogens with one attached hydrogen (secondary N) is 2. The van der Waals surface area contributed by atoms with Crippen molar-refractivity contribution in [3.05, 3.63) is 76.4 Å². The fourth-order valence-electron chi connectivity index (χ4n) is 2.64. The SMILES string of the molecule is CC(=N)c1c(-c2ccc(Br)cc2)cc(C(=O)O)nc1Nc1ccccc1. The number of aromatic nitrogens is 1. The minimum Gasteiger partial charge on any atom is -0.477 e. The molecular formula is C20H16BrN3O2. The lowest BCUT2D eigenvalue weighted by Crippen LogP contribution is -2.10. The van der Waals surface area contributed by atoms with Crippen LogP contribution in [0.5, 0.6) is 0 Å². The molecule has 0 fully saturated rings. The molecule has 0 aliphatic heterocycles. The maximum absolute atomic E-state index is 11.6. The van der Waals surface area contributed by atoms with Gasteiger partial charge in [0.15, 0.2) is 5.69 Å². The molecule has 0 amide bonds. The largest absolute Gasteiger partial charge is 0.477 e. The van der Waals surface area contributed by atoms with Crippen molar-refractivity contribution in [1.29, 1.82) is 5.41 Å². The van der Waals surface area contributed by atoms with Crippen LogP contribution >= 0.6 is 15.9 Å². The summed E-state index contributed by atoms with van der Waals surface area (Å²) in [6.07, 6.45) is 0. The Morgan fingerprint density at radius 2 is 1.77 bits per heavy atom. The van der Waals surface area contributed by atoms with Crippen LogP contribution in [0.2, 0.25) is 0 Å². The Morgan fingerprint density at radius 3 is 2.35 bits per heavy atom. The van der Waals surface area contributed by atoms with Gasteiger partial charge in [0, 0.05) is 21.4 Å². The lowest BCUT2D eigenvalue weighted by atomic mass is 9.97. The van der Waals surface area contributed by atoms with Gasteiger partial charge in [-0.25, -0.2) is 9.78 Å². The predicted molar refractivity (Wildman–Crippen MR) is 107 cm³/mol. The van der Waals surface area contributed by atoms with Gasteiger partial charge in [0.05, 0.1) is 0 Å². The zero-order chi connectivity index (χ0) is 18.7. The average molecular weight is 410 g/mol. The van der Waals surface area contributed by atoms with E-state index in [-0.39, 0.29) is 5.69 Å². The summed E-state index contributed by atoms with van der Waals surface area (Å²) < 4.78 is 0.921. The number of hydrogen-bond donors (Lipinski definition) is 3. The summed E-state index contributed by atoms with van der Waals surface area (Å²) in [5.41, 5.74) is 3.02. The van der Waals surface area contributed by atoms with Crippen molar-refractivity contribution in [3.8, 4) is 11.1 Å². The highest BCUT2D eigenvalue weighted by Gasteiger charge is 2.19. The average Bonchev–Trinajstić information content (AvgIpc) is 2.62. The van der Waals surface area contributed by atoms with Gasteiger partial charge in [0.2, 0.25) is 0 Å². The van der Waals surface area contributed by atoms with Gasteiger partial charge >= 0.3 is 5.97 Å². The number of carboxylic acids is 1. The smallest absolute Gasteiger partial charge is 0.354 e. The van der Waals surface area contributed by atoms with E-state index in [1.165, 1.54) is 6.07 Å². The van der Waals surface area contributed by atoms with Crippen LogP contribution in [0.15, 0.2) is 65.1 Å². The van der Waals surface area contributed by atoms with Gasteiger partial charge in [-0.2, -0.15) is 0 Å². The molecule has 3 N–H and O–H groups in total. The molecule has 6 heteroatoms. The number of rotatable bonds is 5. The summed E-state index contributed by atoms with van der Waals surface area (Å²) >= 11 is 3.40. The molecule has 2 aromatic carbocycles. The standard InChI is InChI=1S/C20H16BrN3O2/c1-12(22)18-16(13-7-9-14(21)10-8-13)11-17(20(25)26)24-19(18)23-15-5-3-2-4-6-15/h2-11,22H,1H3,(H,23,24)(H,25,26). The summed E-state index contributed by atoms with van der Waals surface area (Å²) in [6.45, 7) is 1.66. The first-order chi connectivity index (χ1) is 12.5. The summed E-state index contributed by atoms with van der Waals surface area (Å²) in [5, 5.41) is 20.8. The van der Waals surface area contributed by atoms with E-state index in [1.807, 2.05) is 54.6 Å². The summed E-state index contributed by atoms with van der Waals surface area (Å²) in [7, 11) is 0. The van der Waals surface area contributed by atoms with Crippen LogP contribution in [0.3, 0.4) is 0 Å². The summed E-state index contributed by atoms with van der Waals surface area (Å²) in [5.74, 6) is -0.768. The number of pyridine rings is 1. The Morgan fingerprint density at radius 1 is 1.12 bits per heavy atom. The van der Waals surface area contributed by atoms with E-state index in [9.17, 15) is 9.90 Å². The van der Waals surface area contributed by atoms with Crippen LogP contribution in [0.4, 0.5) is 11.5 Å². The molecule has 1 heterocycles. The highest BCUT2D eigenvalue weighted by molar-refractivity contribution is 9.10. The molecule has 0 unspecified atom stereocenters. The number of para-hydroxylation sites is 1. The molecule has 0 bridgehead atoms. The second-order valence-corrected chi connectivity index (χ2v) is 6.62. The number of nitrogens with zero attached hydrogens (tertiary/aromatic N) is 1. The van der Waals surface area contributed by atoms with E-state index in [0.29, 0.717) is 22.7 Å². The Bertz CT molecular complexity index is 970. The number of halogens is 1. The molecule has 130 valence electrons. The van der Waals surface area contributed by atoms with Crippen molar-refractivity contribution in [3.63, 3.8) is 0 Å². The molecule has 0 spiro atoms. The number of carbonyl (C=O) groups is 1. The molecule has 0 saturated carbocycles. The fraction of sp³-hybridized carbons (Fsp3) is 0.0500. The van der Waals surface area contributed by atoms with Crippen LogP contribution in [0, 0.1) is 5.41 Å². The molecule has 0 radical (unpaired) electrons. The molecule has 1 aromatic heterocycles. The van der Waals surface area contributed by atoms with E-state index < -0.39 is 5.97 Å². The fourth-order valence-corrected chi connectivity index (χ4v) is 2.90. The summed E-state index contributed by atoms with van der Waals surface area (Å²) in [6, 6.07) is 18.4. The lowest BCUT2D eigenvalue weighted by Gasteiger charge is -2.16. The lowest BCUT2D eigenvalue weighted by molar-refractivity contribution is 0.0690. The van der Waals surface area contributed by atoms with Gasteiger partial charge in [-0.15, -0.1) is 0 Å². The van der Waals surface area contributed by atoms with Crippen LogP contribution < -0.4 is 5.32 Å². The molecule has 0 saturated heterocycles. The predicted octanol–water partition coefficient (Wildman–Crippen LogP) is 5.34. The first-order valence-corrected chi connectivity index (χ1v) is 8.67. The number of anilines is 2. The minimum absolute atomic E-state index is 0.0775. The third kappa shape index (κ3) is 3.81. The van der Waals surface area contributed by atoms with Crippen LogP contribution in [0.1, 0.15) is 23.0 Å². The molecule has 0 atom stereocenters. The molecule has 0 aliphatic carbocycles. The van der Waals surface area contributed by atoms with Gasteiger partial charge in [-0.3, -0.25) is 0 Å². The molecule has 3 aromatic rings. The van der Waals surface area contributed by atoms with E-state index in [4.69, 9.17) is 5.41 Å². The molecule has 3 rings (SSSR count). The van der Waals surface area contributed by atoms with Gasteiger partial charge in [-0.05, 0) is 48.4 Å². The highest BCUT2D eigenvalue weighted by atomic mass is 79.9. The second-order valence-electron chi connectivity index (χ2n) is 5.71. The maximum Gasteiger partial charge on any atom is 0.354 e. The molecule has 0 aliphatic rings. The molecular weight excluding hydrogens is 394 g/mol. The Labute approximate surface area is 159 Å². The molecule has 5 nitrogen and oxygen atoms in total.